The monoisotopic (exact) mass is 386 g/mol. The van der Waals surface area contributed by atoms with E-state index in [-0.39, 0.29) is 19.1 Å². The highest BCUT2D eigenvalue weighted by atomic mass is 32.2. The van der Waals surface area contributed by atoms with E-state index in [9.17, 15) is 18.0 Å². The summed E-state index contributed by atoms with van der Waals surface area (Å²) in [5.74, 6) is -0.917. The minimum absolute atomic E-state index is 0.254. The molecule has 25 heavy (non-hydrogen) atoms. The van der Waals surface area contributed by atoms with Gasteiger partial charge in [-0.15, -0.1) is 24.5 Å². The molecule has 0 aliphatic carbocycles. The highest BCUT2D eigenvalue weighted by molar-refractivity contribution is 7.88. The van der Waals surface area contributed by atoms with Crippen LogP contribution in [0.2, 0.25) is 0 Å². The van der Waals surface area contributed by atoms with Gasteiger partial charge in [0.15, 0.2) is 6.61 Å². The van der Waals surface area contributed by atoms with Crippen molar-refractivity contribution in [2.75, 3.05) is 32.5 Å². The van der Waals surface area contributed by atoms with E-state index in [1.165, 1.54) is 16.2 Å². The summed E-state index contributed by atoms with van der Waals surface area (Å²) in [6, 6.07) is 3.33. The number of ether oxygens (including phenoxy) is 1. The summed E-state index contributed by atoms with van der Waals surface area (Å²) in [7, 11) is -3.23. The zero-order valence-electron chi connectivity index (χ0n) is 14.1. The number of carbonyl (C=O) groups is 2. The second kappa shape index (κ2) is 10.1. The van der Waals surface area contributed by atoms with E-state index in [0.717, 1.165) is 11.1 Å². The van der Waals surface area contributed by atoms with Gasteiger partial charge in [0.05, 0.1) is 6.26 Å². The van der Waals surface area contributed by atoms with Crippen LogP contribution in [0.4, 0.5) is 0 Å². The van der Waals surface area contributed by atoms with Crippen LogP contribution in [0.1, 0.15) is 14.5 Å². The van der Waals surface area contributed by atoms with Crippen molar-refractivity contribution in [1.82, 2.24) is 9.62 Å². The first-order valence-electron chi connectivity index (χ1n) is 7.47. The zero-order chi connectivity index (χ0) is 18.9. The van der Waals surface area contributed by atoms with Crippen LogP contribution in [0.3, 0.4) is 0 Å². The molecule has 0 bridgehead atoms. The number of sulfonamides is 1. The second-order valence-electron chi connectivity index (χ2n) is 5.13. The van der Waals surface area contributed by atoms with Gasteiger partial charge in [0, 0.05) is 24.5 Å². The Morgan fingerprint density at radius 3 is 2.48 bits per heavy atom. The first kappa shape index (κ1) is 21.1. The Labute approximate surface area is 152 Å². The van der Waals surface area contributed by atoms with Crippen molar-refractivity contribution in [3.63, 3.8) is 0 Å². The highest BCUT2D eigenvalue weighted by Gasteiger charge is 2.16. The van der Waals surface area contributed by atoms with Gasteiger partial charge in [0.1, 0.15) is 4.88 Å². The Morgan fingerprint density at radius 1 is 1.28 bits per heavy atom. The summed E-state index contributed by atoms with van der Waals surface area (Å²) in [6.07, 6.45) is 4.72. The number of hydrogen-bond acceptors (Lipinski definition) is 6. The minimum Gasteiger partial charge on any atom is -0.451 e. The number of carbonyl (C=O) groups excluding carboxylic acids is 2. The number of amides is 1. The van der Waals surface area contributed by atoms with Crippen molar-refractivity contribution >= 4 is 33.2 Å². The van der Waals surface area contributed by atoms with Crippen LogP contribution in [0.25, 0.3) is 0 Å². The Kier molecular flexibility index (Phi) is 8.53. The van der Waals surface area contributed by atoms with Crippen molar-refractivity contribution in [3.05, 3.63) is 47.2 Å². The largest absolute Gasteiger partial charge is 0.451 e. The van der Waals surface area contributed by atoms with Gasteiger partial charge in [-0.1, -0.05) is 12.2 Å². The smallest absolute Gasteiger partial charge is 0.348 e. The van der Waals surface area contributed by atoms with Crippen LogP contribution in [0.5, 0.6) is 0 Å². The molecular formula is C16H22N2O5S2. The van der Waals surface area contributed by atoms with Crippen molar-refractivity contribution < 1.29 is 22.7 Å². The van der Waals surface area contributed by atoms with Crippen LogP contribution in [0, 0.1) is 0 Å². The minimum atomic E-state index is -3.23. The van der Waals surface area contributed by atoms with Crippen LogP contribution in [0.15, 0.2) is 37.4 Å². The van der Waals surface area contributed by atoms with Gasteiger partial charge in [-0.3, -0.25) is 4.79 Å². The molecule has 0 saturated heterocycles. The normalized spacial score (nSPS) is 10.9. The first-order valence-corrected chi connectivity index (χ1v) is 10.2. The summed E-state index contributed by atoms with van der Waals surface area (Å²) >= 11 is 1.21. The van der Waals surface area contributed by atoms with E-state index < -0.39 is 16.0 Å². The molecule has 0 unspecified atom stereocenters. The predicted molar refractivity (Wildman–Crippen MR) is 98.1 cm³/mol. The van der Waals surface area contributed by atoms with Crippen molar-refractivity contribution in [3.8, 4) is 0 Å². The van der Waals surface area contributed by atoms with Gasteiger partial charge in [-0.25, -0.2) is 17.9 Å². The van der Waals surface area contributed by atoms with Crippen LogP contribution in [-0.4, -0.2) is 57.7 Å². The molecule has 7 nitrogen and oxygen atoms in total. The van der Waals surface area contributed by atoms with Crippen LogP contribution < -0.4 is 4.72 Å². The molecule has 0 saturated carbocycles. The third-order valence-electron chi connectivity index (χ3n) is 2.98. The standard InChI is InChI=1S/C16H22N2O5S2/c1-4-10-18(11-5-2)15(19)12-23-16(20)14-7-6-13(24-14)8-9-17-25(3,21)22/h4-7,17H,1-2,8-12H2,3H3. The summed E-state index contributed by atoms with van der Waals surface area (Å²) in [4.78, 5) is 26.7. The lowest BCUT2D eigenvalue weighted by Gasteiger charge is -2.18. The molecule has 0 aliphatic heterocycles. The molecule has 0 aromatic carbocycles. The molecule has 1 aromatic heterocycles. The van der Waals surface area contributed by atoms with Gasteiger partial charge < -0.3 is 9.64 Å². The summed E-state index contributed by atoms with van der Waals surface area (Å²) < 4.78 is 29.4. The maximum atomic E-state index is 12.0. The SMILES string of the molecule is C=CCN(CC=C)C(=O)COC(=O)c1ccc(CCNS(C)(=O)=O)s1. The maximum absolute atomic E-state index is 12.0. The average Bonchev–Trinajstić information content (AvgIpc) is 2.99. The lowest BCUT2D eigenvalue weighted by Crippen LogP contribution is -2.34. The predicted octanol–water partition coefficient (Wildman–Crippen LogP) is 1.20. The molecule has 0 atom stereocenters. The van der Waals surface area contributed by atoms with Crippen molar-refractivity contribution in [2.24, 2.45) is 0 Å². The van der Waals surface area contributed by atoms with E-state index in [1.807, 2.05) is 0 Å². The Balaban J connectivity index is 2.51. The molecule has 1 aromatic rings. The Hall–Kier alpha value is -1.97. The molecule has 1 rings (SSSR count). The number of thiophene rings is 1. The van der Waals surface area contributed by atoms with Gasteiger partial charge in [0.25, 0.3) is 5.91 Å². The third-order valence-corrected chi connectivity index (χ3v) is 4.83. The lowest BCUT2D eigenvalue weighted by atomic mass is 10.3. The topological polar surface area (TPSA) is 92.8 Å². The molecule has 1 heterocycles. The summed E-state index contributed by atoms with van der Waals surface area (Å²) in [5, 5.41) is 0. The molecule has 1 amide bonds. The number of rotatable bonds is 11. The fourth-order valence-electron chi connectivity index (χ4n) is 1.86. The van der Waals surface area contributed by atoms with Gasteiger partial charge in [-0.05, 0) is 18.6 Å². The number of nitrogens with zero attached hydrogens (tertiary/aromatic N) is 1. The number of nitrogens with one attached hydrogen (secondary N) is 1. The molecule has 1 N–H and O–H groups in total. The molecule has 138 valence electrons. The van der Waals surface area contributed by atoms with Gasteiger partial charge in [0.2, 0.25) is 10.0 Å². The average molecular weight is 386 g/mol. The molecule has 0 spiro atoms. The summed E-state index contributed by atoms with van der Waals surface area (Å²) in [5.41, 5.74) is 0. The van der Waals surface area contributed by atoms with Crippen LogP contribution >= 0.6 is 11.3 Å². The van der Waals surface area contributed by atoms with Gasteiger partial charge >= 0.3 is 5.97 Å². The lowest BCUT2D eigenvalue weighted by molar-refractivity contribution is -0.133. The van der Waals surface area contributed by atoms with Crippen LogP contribution in [-0.2, 0) is 26.0 Å². The molecule has 0 fully saturated rings. The molecule has 0 aliphatic rings. The van der Waals surface area contributed by atoms with Crippen molar-refractivity contribution in [2.45, 2.75) is 6.42 Å². The number of hydrogen-bond donors (Lipinski definition) is 1. The quantitative estimate of drug-likeness (QED) is 0.456. The molecular weight excluding hydrogens is 364 g/mol. The molecule has 0 radical (unpaired) electrons. The Bertz CT molecular complexity index is 715. The zero-order valence-corrected chi connectivity index (χ0v) is 15.7. The van der Waals surface area contributed by atoms with Crippen molar-refractivity contribution in [1.29, 1.82) is 0 Å². The van der Waals surface area contributed by atoms with E-state index >= 15 is 0 Å². The third kappa shape index (κ3) is 8.10. The highest BCUT2D eigenvalue weighted by Crippen LogP contribution is 2.18. The number of esters is 1. The molecule has 9 heteroatoms. The van der Waals surface area contributed by atoms with E-state index in [4.69, 9.17) is 4.74 Å². The fourth-order valence-corrected chi connectivity index (χ4v) is 3.24. The van der Waals surface area contributed by atoms with Gasteiger partial charge in [-0.2, -0.15) is 0 Å². The van der Waals surface area contributed by atoms with E-state index in [0.29, 0.717) is 24.4 Å². The second-order valence-corrected chi connectivity index (χ2v) is 8.14. The fraction of sp³-hybridized carbons (Fsp3) is 0.375. The van der Waals surface area contributed by atoms with E-state index in [1.54, 1.807) is 24.3 Å². The van der Waals surface area contributed by atoms with E-state index in [2.05, 4.69) is 17.9 Å². The first-order chi connectivity index (χ1) is 11.8. The summed E-state index contributed by atoms with van der Waals surface area (Å²) in [6.45, 7) is 7.74. The maximum Gasteiger partial charge on any atom is 0.348 e. The Morgan fingerprint density at radius 2 is 1.92 bits per heavy atom.